The van der Waals surface area contributed by atoms with Crippen LogP contribution in [0, 0.1) is 0 Å². The Morgan fingerprint density at radius 2 is 1.43 bits per heavy atom. The highest BCUT2D eigenvalue weighted by Crippen LogP contribution is 2.23. The highest BCUT2D eigenvalue weighted by molar-refractivity contribution is 6.32. The van der Waals surface area contributed by atoms with Crippen molar-refractivity contribution in [2.75, 3.05) is 19.8 Å². The average Bonchev–Trinajstić information content (AvgIpc) is 2.51. The number of benzene rings is 2. The fraction of sp³-hybridized carbons (Fsp3) is 0.294. The third-order valence-electron chi connectivity index (χ3n) is 2.79. The molecule has 2 aromatic rings. The lowest BCUT2D eigenvalue weighted by atomic mass is 10.3. The van der Waals surface area contributed by atoms with Gasteiger partial charge in [0.25, 0.3) is 0 Å². The van der Waals surface area contributed by atoms with Gasteiger partial charge in [0, 0.05) is 6.42 Å². The lowest BCUT2D eigenvalue weighted by molar-refractivity contribution is 0.247. The zero-order chi connectivity index (χ0) is 14.9. The quantitative estimate of drug-likeness (QED) is 0.668. The van der Waals surface area contributed by atoms with Crippen molar-refractivity contribution in [2.24, 2.45) is 0 Å². The van der Waals surface area contributed by atoms with Gasteiger partial charge in [-0.2, -0.15) is 0 Å². The van der Waals surface area contributed by atoms with Gasteiger partial charge in [0.1, 0.15) is 17.2 Å². The fourth-order valence-corrected chi connectivity index (χ4v) is 1.98. The van der Waals surface area contributed by atoms with Gasteiger partial charge in [-0.3, -0.25) is 0 Å². The maximum absolute atomic E-state index is 6.01. The number of halogens is 1. The van der Waals surface area contributed by atoms with Crippen LogP contribution in [0.2, 0.25) is 5.02 Å². The summed E-state index contributed by atoms with van der Waals surface area (Å²) >= 11 is 6.01. The van der Waals surface area contributed by atoms with Crippen LogP contribution in [0.1, 0.15) is 13.3 Å². The number of hydrogen-bond donors (Lipinski definition) is 0. The second-order valence-corrected chi connectivity index (χ2v) is 4.79. The third kappa shape index (κ3) is 5.20. The van der Waals surface area contributed by atoms with Crippen LogP contribution in [-0.2, 0) is 0 Å². The van der Waals surface area contributed by atoms with Crippen LogP contribution in [0.25, 0.3) is 0 Å². The Balaban J connectivity index is 1.66. The largest absolute Gasteiger partial charge is 0.494 e. The van der Waals surface area contributed by atoms with Gasteiger partial charge in [-0.1, -0.05) is 23.7 Å². The number of para-hydroxylation sites is 1. The smallest absolute Gasteiger partial charge is 0.137 e. The molecule has 3 nitrogen and oxygen atoms in total. The predicted molar refractivity (Wildman–Crippen MR) is 84.7 cm³/mol. The first-order valence-electron chi connectivity index (χ1n) is 7.02. The molecular formula is C17H19ClO3. The topological polar surface area (TPSA) is 27.7 Å². The Labute approximate surface area is 130 Å². The van der Waals surface area contributed by atoms with Gasteiger partial charge >= 0.3 is 0 Å². The van der Waals surface area contributed by atoms with E-state index in [0.717, 1.165) is 17.9 Å². The summed E-state index contributed by atoms with van der Waals surface area (Å²) in [5.74, 6) is 2.39. The van der Waals surface area contributed by atoms with Crippen molar-refractivity contribution in [1.82, 2.24) is 0 Å². The standard InChI is InChI=1S/C17H19ClO3/c1-2-19-14-8-10-15(11-9-14)20-12-5-13-21-17-7-4-3-6-16(17)18/h3-4,6-11H,2,5,12-13H2,1H3. The Hall–Kier alpha value is -1.87. The number of ether oxygens (including phenoxy) is 3. The molecule has 4 heteroatoms. The molecule has 0 unspecified atom stereocenters. The van der Waals surface area contributed by atoms with Crippen molar-refractivity contribution < 1.29 is 14.2 Å². The van der Waals surface area contributed by atoms with Crippen molar-refractivity contribution in [3.05, 3.63) is 53.6 Å². The van der Waals surface area contributed by atoms with E-state index in [0.29, 0.717) is 30.6 Å². The molecule has 0 amide bonds. The Bertz CT molecular complexity index is 540. The summed E-state index contributed by atoms with van der Waals surface area (Å²) in [6, 6.07) is 15.1. The molecule has 0 radical (unpaired) electrons. The number of hydrogen-bond acceptors (Lipinski definition) is 3. The van der Waals surface area contributed by atoms with Gasteiger partial charge in [0.05, 0.1) is 24.8 Å². The zero-order valence-electron chi connectivity index (χ0n) is 12.0. The van der Waals surface area contributed by atoms with E-state index in [2.05, 4.69) is 0 Å². The van der Waals surface area contributed by atoms with E-state index in [1.165, 1.54) is 0 Å². The van der Waals surface area contributed by atoms with Crippen LogP contribution < -0.4 is 14.2 Å². The summed E-state index contributed by atoms with van der Waals surface area (Å²) in [5, 5.41) is 0.630. The summed E-state index contributed by atoms with van der Waals surface area (Å²) < 4.78 is 16.6. The van der Waals surface area contributed by atoms with Crippen LogP contribution >= 0.6 is 11.6 Å². The average molecular weight is 307 g/mol. The molecular weight excluding hydrogens is 288 g/mol. The van der Waals surface area contributed by atoms with Crippen molar-refractivity contribution >= 4 is 11.6 Å². The van der Waals surface area contributed by atoms with Crippen molar-refractivity contribution in [3.8, 4) is 17.2 Å². The second-order valence-electron chi connectivity index (χ2n) is 4.39. The van der Waals surface area contributed by atoms with Gasteiger partial charge in [-0.25, -0.2) is 0 Å². The second kappa shape index (κ2) is 8.42. The highest BCUT2D eigenvalue weighted by atomic mass is 35.5. The Morgan fingerprint density at radius 1 is 0.810 bits per heavy atom. The third-order valence-corrected chi connectivity index (χ3v) is 3.10. The lowest BCUT2D eigenvalue weighted by Crippen LogP contribution is -2.05. The minimum Gasteiger partial charge on any atom is -0.494 e. The van der Waals surface area contributed by atoms with E-state index in [1.807, 2.05) is 55.5 Å². The first-order valence-corrected chi connectivity index (χ1v) is 7.40. The summed E-state index contributed by atoms with van der Waals surface area (Å²) in [7, 11) is 0. The molecule has 0 saturated carbocycles. The van der Waals surface area contributed by atoms with Crippen LogP contribution in [0.5, 0.6) is 17.2 Å². The first-order chi connectivity index (χ1) is 10.3. The Morgan fingerprint density at radius 3 is 2.10 bits per heavy atom. The molecule has 0 aliphatic carbocycles. The van der Waals surface area contributed by atoms with Gasteiger partial charge in [0.15, 0.2) is 0 Å². The van der Waals surface area contributed by atoms with E-state index in [1.54, 1.807) is 0 Å². The monoisotopic (exact) mass is 306 g/mol. The molecule has 21 heavy (non-hydrogen) atoms. The molecule has 0 aliphatic heterocycles. The predicted octanol–water partition coefficient (Wildman–Crippen LogP) is 4.59. The molecule has 2 rings (SSSR count). The molecule has 112 valence electrons. The number of rotatable bonds is 8. The molecule has 0 saturated heterocycles. The van der Waals surface area contributed by atoms with Crippen LogP contribution in [0.3, 0.4) is 0 Å². The molecule has 0 spiro atoms. The molecule has 2 aromatic carbocycles. The highest BCUT2D eigenvalue weighted by Gasteiger charge is 2.00. The zero-order valence-corrected chi connectivity index (χ0v) is 12.8. The van der Waals surface area contributed by atoms with Crippen LogP contribution in [-0.4, -0.2) is 19.8 Å². The molecule has 0 fully saturated rings. The minimum atomic E-state index is 0.570. The molecule has 0 atom stereocenters. The van der Waals surface area contributed by atoms with Gasteiger partial charge in [-0.15, -0.1) is 0 Å². The van der Waals surface area contributed by atoms with E-state index in [9.17, 15) is 0 Å². The molecule has 0 heterocycles. The summed E-state index contributed by atoms with van der Waals surface area (Å²) in [4.78, 5) is 0. The van der Waals surface area contributed by atoms with Gasteiger partial charge < -0.3 is 14.2 Å². The van der Waals surface area contributed by atoms with E-state index >= 15 is 0 Å². The molecule has 0 aliphatic rings. The molecule has 0 bridgehead atoms. The summed E-state index contributed by atoms with van der Waals surface area (Å²) in [6.07, 6.45) is 0.790. The fourth-order valence-electron chi connectivity index (χ4n) is 1.79. The van der Waals surface area contributed by atoms with Gasteiger partial charge in [-0.05, 0) is 43.3 Å². The maximum Gasteiger partial charge on any atom is 0.137 e. The van der Waals surface area contributed by atoms with E-state index in [4.69, 9.17) is 25.8 Å². The maximum atomic E-state index is 6.01. The molecule has 0 aromatic heterocycles. The van der Waals surface area contributed by atoms with Crippen LogP contribution in [0.15, 0.2) is 48.5 Å². The summed E-state index contributed by atoms with van der Waals surface area (Å²) in [5.41, 5.74) is 0. The van der Waals surface area contributed by atoms with Crippen LogP contribution in [0.4, 0.5) is 0 Å². The van der Waals surface area contributed by atoms with Gasteiger partial charge in [0.2, 0.25) is 0 Å². The van der Waals surface area contributed by atoms with E-state index in [-0.39, 0.29) is 0 Å². The molecule has 0 N–H and O–H groups in total. The van der Waals surface area contributed by atoms with Crippen molar-refractivity contribution in [1.29, 1.82) is 0 Å². The normalized spacial score (nSPS) is 10.2. The SMILES string of the molecule is CCOc1ccc(OCCCOc2ccccc2Cl)cc1. The van der Waals surface area contributed by atoms with Crippen molar-refractivity contribution in [3.63, 3.8) is 0 Å². The lowest BCUT2D eigenvalue weighted by Gasteiger charge is -2.09. The van der Waals surface area contributed by atoms with Crippen molar-refractivity contribution in [2.45, 2.75) is 13.3 Å². The Kier molecular flexibility index (Phi) is 6.22. The first kappa shape index (κ1) is 15.5. The van der Waals surface area contributed by atoms with E-state index < -0.39 is 0 Å². The minimum absolute atomic E-state index is 0.570. The summed E-state index contributed by atoms with van der Waals surface area (Å²) in [6.45, 7) is 3.79.